The number of aliphatic hydroxyl groups excluding tert-OH is 1. The van der Waals surface area contributed by atoms with E-state index in [4.69, 9.17) is 14.6 Å². The van der Waals surface area contributed by atoms with Gasteiger partial charge in [0.2, 0.25) is 0 Å². The Balaban J connectivity index is 2.06. The summed E-state index contributed by atoms with van der Waals surface area (Å²) in [5.74, 6) is 0. The van der Waals surface area contributed by atoms with Crippen molar-refractivity contribution in [1.82, 2.24) is 0 Å². The zero-order valence-electron chi connectivity index (χ0n) is 11.9. The lowest BCUT2D eigenvalue weighted by atomic mass is 9.99. The van der Waals surface area contributed by atoms with Gasteiger partial charge in [0.05, 0.1) is 26.1 Å². The quantitative estimate of drug-likeness (QED) is 0.598. The van der Waals surface area contributed by atoms with Crippen molar-refractivity contribution in [3.63, 3.8) is 0 Å². The summed E-state index contributed by atoms with van der Waals surface area (Å²) < 4.78 is 10.8. The Morgan fingerprint density at radius 1 is 0.810 bits per heavy atom. The van der Waals surface area contributed by atoms with Crippen LogP contribution in [-0.4, -0.2) is 31.5 Å². The molecular weight excluding hydrogens is 264 g/mol. The Hall–Kier alpha value is -2.10. The van der Waals surface area contributed by atoms with Gasteiger partial charge in [0.1, 0.15) is 6.61 Å². The van der Waals surface area contributed by atoms with E-state index in [2.05, 4.69) is 24.3 Å². The van der Waals surface area contributed by atoms with Crippen LogP contribution in [0.1, 0.15) is 11.1 Å². The Morgan fingerprint density at radius 2 is 1.38 bits per heavy atom. The summed E-state index contributed by atoms with van der Waals surface area (Å²) in [5, 5.41) is 8.63. The second kappa shape index (κ2) is 8.95. The average Bonchev–Trinajstić information content (AvgIpc) is 2.56. The van der Waals surface area contributed by atoms with E-state index < -0.39 is 0 Å². The molecule has 3 heteroatoms. The third kappa shape index (κ3) is 5.06. The molecule has 2 rings (SSSR count). The van der Waals surface area contributed by atoms with E-state index >= 15 is 0 Å². The van der Waals surface area contributed by atoms with Crippen LogP contribution in [0.3, 0.4) is 0 Å². The van der Waals surface area contributed by atoms with Crippen molar-refractivity contribution >= 4 is 5.57 Å². The van der Waals surface area contributed by atoms with E-state index in [9.17, 15) is 0 Å². The van der Waals surface area contributed by atoms with Crippen LogP contribution in [0.15, 0.2) is 66.9 Å². The van der Waals surface area contributed by atoms with Crippen molar-refractivity contribution in [2.75, 3.05) is 26.4 Å². The average molecular weight is 284 g/mol. The highest BCUT2D eigenvalue weighted by molar-refractivity contribution is 5.78. The molecule has 0 spiro atoms. The SMILES string of the molecule is OCCOCCOC=C(c1ccccc1)c1ccccc1. The first-order chi connectivity index (χ1) is 10.4. The standard InChI is InChI=1S/C18H20O3/c19-11-12-20-13-14-21-15-18(16-7-3-1-4-8-16)17-9-5-2-6-10-17/h1-10,15,19H,11-14H2. The molecule has 0 aliphatic rings. The molecule has 0 aromatic heterocycles. The van der Waals surface area contributed by atoms with Gasteiger partial charge in [-0.25, -0.2) is 0 Å². The van der Waals surface area contributed by atoms with Gasteiger partial charge in [-0.2, -0.15) is 0 Å². The topological polar surface area (TPSA) is 38.7 Å². The van der Waals surface area contributed by atoms with Crippen molar-refractivity contribution in [3.8, 4) is 0 Å². The Bertz CT molecular complexity index is 493. The maximum absolute atomic E-state index is 8.63. The third-order valence-electron chi connectivity index (χ3n) is 2.95. The van der Waals surface area contributed by atoms with Crippen LogP contribution in [0.5, 0.6) is 0 Å². The summed E-state index contributed by atoms with van der Waals surface area (Å²) in [5.41, 5.74) is 3.26. The minimum Gasteiger partial charge on any atom is -0.498 e. The van der Waals surface area contributed by atoms with Crippen LogP contribution in [0, 0.1) is 0 Å². The Kier molecular flexibility index (Phi) is 6.52. The van der Waals surface area contributed by atoms with Crippen molar-refractivity contribution in [1.29, 1.82) is 0 Å². The number of rotatable bonds is 8. The molecule has 0 saturated heterocycles. The number of hydrogen-bond donors (Lipinski definition) is 1. The highest BCUT2D eigenvalue weighted by atomic mass is 16.5. The highest BCUT2D eigenvalue weighted by Crippen LogP contribution is 2.22. The maximum Gasteiger partial charge on any atom is 0.111 e. The lowest BCUT2D eigenvalue weighted by Gasteiger charge is -2.09. The van der Waals surface area contributed by atoms with Gasteiger partial charge in [0.25, 0.3) is 0 Å². The summed E-state index contributed by atoms with van der Waals surface area (Å²) in [4.78, 5) is 0. The van der Waals surface area contributed by atoms with Gasteiger partial charge in [-0.05, 0) is 11.1 Å². The lowest BCUT2D eigenvalue weighted by molar-refractivity contribution is 0.0603. The largest absolute Gasteiger partial charge is 0.498 e. The molecular formula is C18H20O3. The number of aliphatic hydroxyl groups is 1. The predicted octanol–water partition coefficient (Wildman–Crippen LogP) is 3.10. The van der Waals surface area contributed by atoms with E-state index in [1.54, 1.807) is 6.26 Å². The number of ether oxygens (including phenoxy) is 2. The summed E-state index contributed by atoms with van der Waals surface area (Å²) in [7, 11) is 0. The smallest absolute Gasteiger partial charge is 0.111 e. The Morgan fingerprint density at radius 3 is 1.90 bits per heavy atom. The molecule has 2 aromatic carbocycles. The summed E-state index contributed by atoms with van der Waals surface area (Å²) in [6, 6.07) is 20.3. The van der Waals surface area contributed by atoms with Crippen LogP contribution >= 0.6 is 0 Å². The predicted molar refractivity (Wildman–Crippen MR) is 83.8 cm³/mol. The molecule has 1 N–H and O–H groups in total. The van der Waals surface area contributed by atoms with Crippen molar-refractivity contribution in [3.05, 3.63) is 78.1 Å². The van der Waals surface area contributed by atoms with E-state index in [0.717, 1.165) is 16.7 Å². The van der Waals surface area contributed by atoms with Crippen LogP contribution in [0.2, 0.25) is 0 Å². The molecule has 0 aliphatic heterocycles. The van der Waals surface area contributed by atoms with E-state index in [0.29, 0.717) is 19.8 Å². The number of hydrogen-bond acceptors (Lipinski definition) is 3. The molecule has 0 unspecified atom stereocenters. The van der Waals surface area contributed by atoms with Crippen molar-refractivity contribution in [2.24, 2.45) is 0 Å². The molecule has 110 valence electrons. The fourth-order valence-electron chi connectivity index (χ4n) is 1.95. The highest BCUT2D eigenvalue weighted by Gasteiger charge is 2.04. The maximum atomic E-state index is 8.63. The van der Waals surface area contributed by atoms with E-state index in [1.807, 2.05) is 36.4 Å². The normalized spacial score (nSPS) is 10.1. The molecule has 2 aromatic rings. The van der Waals surface area contributed by atoms with Gasteiger partial charge < -0.3 is 14.6 Å². The first-order valence-corrected chi connectivity index (χ1v) is 7.03. The van der Waals surface area contributed by atoms with Gasteiger partial charge in [0.15, 0.2) is 0 Å². The number of benzene rings is 2. The van der Waals surface area contributed by atoms with E-state index in [-0.39, 0.29) is 6.61 Å². The zero-order valence-corrected chi connectivity index (χ0v) is 11.9. The molecule has 0 aliphatic carbocycles. The van der Waals surface area contributed by atoms with Crippen LogP contribution in [0.25, 0.3) is 5.57 Å². The molecule has 0 atom stereocenters. The summed E-state index contributed by atoms with van der Waals surface area (Å²) in [6.45, 7) is 1.31. The van der Waals surface area contributed by atoms with Crippen LogP contribution < -0.4 is 0 Å². The molecule has 0 amide bonds. The van der Waals surface area contributed by atoms with E-state index in [1.165, 1.54) is 0 Å². The van der Waals surface area contributed by atoms with Gasteiger partial charge in [-0.3, -0.25) is 0 Å². The zero-order chi connectivity index (χ0) is 14.8. The fraction of sp³-hybridized carbons (Fsp3) is 0.222. The van der Waals surface area contributed by atoms with Gasteiger partial charge >= 0.3 is 0 Å². The van der Waals surface area contributed by atoms with Crippen molar-refractivity contribution in [2.45, 2.75) is 0 Å². The van der Waals surface area contributed by atoms with Gasteiger partial charge in [0, 0.05) is 5.57 Å². The second-order valence-corrected chi connectivity index (χ2v) is 4.47. The molecule has 21 heavy (non-hydrogen) atoms. The van der Waals surface area contributed by atoms with Gasteiger partial charge in [-0.15, -0.1) is 0 Å². The summed E-state index contributed by atoms with van der Waals surface area (Å²) in [6.07, 6.45) is 1.77. The van der Waals surface area contributed by atoms with Gasteiger partial charge in [-0.1, -0.05) is 60.7 Å². The first kappa shape index (κ1) is 15.3. The molecule has 0 radical (unpaired) electrons. The molecule has 0 fully saturated rings. The molecule has 0 heterocycles. The van der Waals surface area contributed by atoms with Crippen molar-refractivity contribution < 1.29 is 14.6 Å². The minimum absolute atomic E-state index is 0.0368. The first-order valence-electron chi connectivity index (χ1n) is 7.03. The van der Waals surface area contributed by atoms with Crippen LogP contribution in [-0.2, 0) is 9.47 Å². The minimum atomic E-state index is 0.0368. The fourth-order valence-corrected chi connectivity index (χ4v) is 1.95. The molecule has 0 bridgehead atoms. The second-order valence-electron chi connectivity index (χ2n) is 4.47. The van der Waals surface area contributed by atoms with Crippen LogP contribution in [0.4, 0.5) is 0 Å². The molecule has 0 saturated carbocycles. The molecule has 3 nitrogen and oxygen atoms in total. The monoisotopic (exact) mass is 284 g/mol. The summed E-state index contributed by atoms with van der Waals surface area (Å²) >= 11 is 0. The lowest BCUT2D eigenvalue weighted by Crippen LogP contribution is -2.05. The Labute approximate surface area is 125 Å². The third-order valence-corrected chi connectivity index (χ3v) is 2.95.